The predicted octanol–water partition coefficient (Wildman–Crippen LogP) is 2.15. The number of carbonyl (C=O) groups is 3. The molecule has 6 fully saturated rings. The molecular formula is C42H64O15. The summed E-state index contributed by atoms with van der Waals surface area (Å²) < 4.78 is 23.2. The molecule has 0 radical (unpaired) electrons. The van der Waals surface area contributed by atoms with E-state index in [2.05, 4.69) is 41.5 Å². The molecule has 15 nitrogen and oxygen atoms in total. The van der Waals surface area contributed by atoms with E-state index in [0.717, 1.165) is 37.7 Å². The zero-order valence-electron chi connectivity index (χ0n) is 34.2. The highest BCUT2D eigenvalue weighted by Crippen LogP contribution is 2.75. The largest absolute Gasteiger partial charge is 0.481 e. The fourth-order valence-electron chi connectivity index (χ4n) is 13.3. The first-order valence-electron chi connectivity index (χ1n) is 20.7. The van der Waals surface area contributed by atoms with Crippen molar-refractivity contribution in [2.24, 2.45) is 50.2 Å². The molecule has 0 bridgehead atoms. The highest BCUT2D eigenvalue weighted by Gasteiger charge is 2.70. The van der Waals surface area contributed by atoms with Crippen LogP contribution in [-0.4, -0.2) is 133 Å². The zero-order chi connectivity index (χ0) is 42.0. The van der Waals surface area contributed by atoms with Gasteiger partial charge in [-0.1, -0.05) is 47.1 Å². The molecule has 57 heavy (non-hydrogen) atoms. The lowest BCUT2D eigenvalue weighted by molar-refractivity contribution is -0.343. The van der Waals surface area contributed by atoms with Crippen LogP contribution in [0.25, 0.3) is 0 Å². The van der Waals surface area contributed by atoms with E-state index in [0.29, 0.717) is 25.7 Å². The van der Waals surface area contributed by atoms with Crippen molar-refractivity contribution in [1.82, 2.24) is 0 Å². The number of hydrogen-bond donors (Lipinski definition) is 8. The summed E-state index contributed by atoms with van der Waals surface area (Å²) in [7, 11) is 0. The molecule has 19 atom stereocenters. The second kappa shape index (κ2) is 14.3. The van der Waals surface area contributed by atoms with Crippen molar-refractivity contribution in [3.8, 4) is 0 Å². The van der Waals surface area contributed by atoms with Crippen LogP contribution in [0.3, 0.4) is 0 Å². The van der Waals surface area contributed by atoms with Crippen LogP contribution in [0, 0.1) is 50.2 Å². The first-order chi connectivity index (χ1) is 26.4. The van der Waals surface area contributed by atoms with Crippen LogP contribution in [0.15, 0.2) is 11.6 Å². The molecule has 2 saturated heterocycles. The average Bonchev–Trinajstić information content (AvgIpc) is 3.13. The number of allylic oxidation sites excluding steroid dienone is 2. The van der Waals surface area contributed by atoms with Gasteiger partial charge in [-0.2, -0.15) is 0 Å². The number of rotatable bonds is 7. The topological polar surface area (TPSA) is 250 Å². The molecule has 2 aliphatic heterocycles. The lowest BCUT2D eigenvalue weighted by Crippen LogP contribution is -2.67. The van der Waals surface area contributed by atoms with Crippen LogP contribution in [0.1, 0.15) is 106 Å². The Balaban J connectivity index is 1.09. The van der Waals surface area contributed by atoms with E-state index in [1.54, 1.807) is 0 Å². The summed E-state index contributed by atoms with van der Waals surface area (Å²) >= 11 is 0. The van der Waals surface area contributed by atoms with Gasteiger partial charge in [0.25, 0.3) is 0 Å². The van der Waals surface area contributed by atoms with E-state index in [-0.39, 0.29) is 39.8 Å². The number of ketones is 1. The van der Waals surface area contributed by atoms with E-state index < -0.39 is 102 Å². The highest BCUT2D eigenvalue weighted by molar-refractivity contribution is 5.95. The molecule has 0 spiro atoms. The third kappa shape index (κ3) is 6.39. The fourth-order valence-corrected chi connectivity index (χ4v) is 13.3. The van der Waals surface area contributed by atoms with Crippen LogP contribution in [-0.2, 0) is 33.3 Å². The molecule has 322 valence electrons. The molecule has 5 aliphatic carbocycles. The molecule has 7 rings (SSSR count). The van der Waals surface area contributed by atoms with Gasteiger partial charge in [0.05, 0.1) is 18.1 Å². The number of ether oxygens (including phenoxy) is 4. The lowest BCUT2D eigenvalue weighted by atomic mass is 9.33. The lowest BCUT2D eigenvalue weighted by Gasteiger charge is -2.70. The number of fused-ring (bicyclic) bond motifs is 7. The van der Waals surface area contributed by atoms with Gasteiger partial charge in [0, 0.05) is 5.92 Å². The summed E-state index contributed by atoms with van der Waals surface area (Å²) in [4.78, 5) is 38.8. The molecular weight excluding hydrogens is 744 g/mol. The molecule has 0 aromatic carbocycles. The summed E-state index contributed by atoms with van der Waals surface area (Å²) in [5, 5.41) is 83.0. The minimum absolute atomic E-state index is 0.0188. The van der Waals surface area contributed by atoms with Gasteiger partial charge in [0.2, 0.25) is 0 Å². The third-order valence-corrected chi connectivity index (χ3v) is 17.2. The maximum atomic E-state index is 14.8. The van der Waals surface area contributed by atoms with Gasteiger partial charge < -0.3 is 59.8 Å². The van der Waals surface area contributed by atoms with Gasteiger partial charge in [-0.3, -0.25) is 9.59 Å². The Morgan fingerprint density at radius 2 is 1.39 bits per heavy atom. The Morgan fingerprint density at radius 1 is 0.754 bits per heavy atom. The number of carboxylic acids is 2. The first kappa shape index (κ1) is 43.1. The fraction of sp³-hybridized carbons (Fsp3) is 0.881. The molecule has 4 saturated carbocycles. The summed E-state index contributed by atoms with van der Waals surface area (Å²) in [5.41, 5.74) is -1.33. The smallest absolute Gasteiger partial charge is 0.335 e. The molecule has 15 heteroatoms. The van der Waals surface area contributed by atoms with E-state index in [1.165, 1.54) is 0 Å². The number of aliphatic hydroxyl groups excluding tert-OH is 6. The number of aliphatic hydroxyl groups is 6. The van der Waals surface area contributed by atoms with Crippen molar-refractivity contribution in [3.63, 3.8) is 0 Å². The van der Waals surface area contributed by atoms with Crippen LogP contribution in [0.2, 0.25) is 0 Å². The Hall–Kier alpha value is -2.05. The van der Waals surface area contributed by atoms with Crippen LogP contribution in [0.4, 0.5) is 0 Å². The van der Waals surface area contributed by atoms with Crippen molar-refractivity contribution >= 4 is 17.7 Å². The van der Waals surface area contributed by atoms with Crippen molar-refractivity contribution < 1.29 is 74.2 Å². The standard InChI is InChI=1S/C42H64O15/c1-37(2)23-8-11-42(7)32(21(43)16-19-20-17-39(4,36(52)53)13-12-38(20,3)14-15-41(19,42)6)40(23,5)10-9-24(37)56-35-30(49)26(45)25(44)22(55-35)18-54-34-29(48)27(46)28(47)31(57-34)33(50)51/h16,20,22-32,34-35,44-49H,8-15,17-18H2,1-7H3,(H,50,51)(H,52,53)/t20-,22+,23-,24-,25+,26-,27-,28-,29+,30+,31-,32+,34+,35+,38+,39-,40-,41+,42+/m0/s1. The summed E-state index contributed by atoms with van der Waals surface area (Å²) in [6.45, 7) is 14.6. The molecule has 0 aromatic rings. The molecule has 0 unspecified atom stereocenters. The Labute approximate surface area is 333 Å². The van der Waals surface area contributed by atoms with Crippen LogP contribution >= 0.6 is 0 Å². The van der Waals surface area contributed by atoms with Crippen LogP contribution < -0.4 is 0 Å². The second-order valence-corrected chi connectivity index (χ2v) is 20.6. The van der Waals surface area contributed by atoms with Crippen molar-refractivity contribution in [2.45, 2.75) is 174 Å². The SMILES string of the molecule is CC1(C)[C@@H](O[C@H]2O[C@H](CO[C@@H]3O[C@H](C(=O)O)[C@@H](O)[C@H](O)[C@H]3O)[C@@H](O)[C@H](O)[C@H]2O)CC[C@]2(C)[C@H]3C(=O)C=C4[C@@H]5C[C@@](C)(C(=O)O)CC[C@]5(C)CC[C@@]4(C)[C@]3(C)CC[C@@H]12. The molecule has 8 N–H and O–H groups in total. The minimum Gasteiger partial charge on any atom is -0.481 e. The van der Waals surface area contributed by atoms with Gasteiger partial charge in [0.1, 0.15) is 42.7 Å². The van der Waals surface area contributed by atoms with Crippen molar-refractivity contribution in [1.29, 1.82) is 0 Å². The Bertz CT molecular complexity index is 1650. The predicted molar refractivity (Wildman–Crippen MR) is 199 cm³/mol. The monoisotopic (exact) mass is 808 g/mol. The summed E-state index contributed by atoms with van der Waals surface area (Å²) in [6, 6.07) is 0. The average molecular weight is 809 g/mol. The number of aliphatic carboxylic acids is 2. The van der Waals surface area contributed by atoms with Gasteiger partial charge in [-0.05, 0) is 110 Å². The van der Waals surface area contributed by atoms with Gasteiger partial charge in [0.15, 0.2) is 24.5 Å². The van der Waals surface area contributed by atoms with Gasteiger partial charge in [-0.15, -0.1) is 0 Å². The zero-order valence-corrected chi connectivity index (χ0v) is 34.2. The Kier molecular flexibility index (Phi) is 10.8. The second-order valence-electron chi connectivity index (χ2n) is 20.6. The van der Waals surface area contributed by atoms with E-state index in [1.807, 2.05) is 13.0 Å². The maximum Gasteiger partial charge on any atom is 0.335 e. The number of carbonyl (C=O) groups excluding carboxylic acids is 1. The Morgan fingerprint density at radius 3 is 2.04 bits per heavy atom. The molecule has 0 amide bonds. The van der Waals surface area contributed by atoms with Crippen molar-refractivity contribution in [3.05, 3.63) is 11.6 Å². The third-order valence-electron chi connectivity index (χ3n) is 17.2. The van der Waals surface area contributed by atoms with Gasteiger partial charge >= 0.3 is 11.9 Å². The van der Waals surface area contributed by atoms with E-state index in [9.17, 15) is 55.2 Å². The summed E-state index contributed by atoms with van der Waals surface area (Å²) in [6.07, 6.45) is -8.99. The number of carboxylic acid groups (broad SMARTS) is 2. The normalized spacial score (nSPS) is 53.4. The quantitative estimate of drug-likeness (QED) is 0.172. The van der Waals surface area contributed by atoms with Gasteiger partial charge in [-0.25, -0.2) is 4.79 Å². The van der Waals surface area contributed by atoms with E-state index in [4.69, 9.17) is 18.9 Å². The molecule has 0 aromatic heterocycles. The maximum absolute atomic E-state index is 14.8. The first-order valence-corrected chi connectivity index (χ1v) is 20.7. The van der Waals surface area contributed by atoms with Crippen LogP contribution in [0.5, 0.6) is 0 Å². The highest BCUT2D eigenvalue weighted by atomic mass is 16.7. The summed E-state index contributed by atoms with van der Waals surface area (Å²) in [5.74, 6) is -2.48. The molecule has 2 heterocycles. The van der Waals surface area contributed by atoms with Crippen molar-refractivity contribution in [2.75, 3.05) is 6.61 Å². The minimum atomic E-state index is -1.92. The number of hydrogen-bond acceptors (Lipinski definition) is 13. The molecule has 7 aliphatic rings. The van der Waals surface area contributed by atoms with E-state index >= 15 is 0 Å².